The number of ether oxygens (including phenoxy) is 1. The zero-order chi connectivity index (χ0) is 15.0. The lowest BCUT2D eigenvalue weighted by Gasteiger charge is -2.30. The summed E-state index contributed by atoms with van der Waals surface area (Å²) in [6, 6.07) is 8.01. The Morgan fingerprint density at radius 2 is 2.33 bits per heavy atom. The van der Waals surface area contributed by atoms with Crippen LogP contribution in [-0.2, 0) is 9.53 Å². The van der Waals surface area contributed by atoms with Crippen molar-refractivity contribution in [3.8, 4) is 11.3 Å². The van der Waals surface area contributed by atoms with Crippen LogP contribution in [0.1, 0.15) is 13.8 Å². The molecule has 2 aromatic rings. The van der Waals surface area contributed by atoms with Crippen molar-refractivity contribution in [2.75, 3.05) is 11.5 Å². The first-order chi connectivity index (χ1) is 10.0. The summed E-state index contributed by atoms with van der Waals surface area (Å²) in [5.74, 6) is 0. The Kier molecular flexibility index (Phi) is 3.86. The normalized spacial score (nSPS) is 20.7. The second-order valence-corrected chi connectivity index (χ2v) is 7.30. The van der Waals surface area contributed by atoms with Gasteiger partial charge >= 0.3 is 0 Å². The van der Waals surface area contributed by atoms with Crippen molar-refractivity contribution in [2.45, 2.75) is 25.6 Å². The standard InChI is InChI=1S/C15H15BrN2O2S/c1-15(2)9-20-13(7-19)18(15)14-17-12(8-21-14)10-4-3-5-11(16)6-10/h3-8,13H,9H2,1-2H3. The van der Waals surface area contributed by atoms with Gasteiger partial charge in [-0.25, -0.2) is 4.98 Å². The molecule has 1 aromatic heterocycles. The van der Waals surface area contributed by atoms with E-state index in [9.17, 15) is 4.79 Å². The summed E-state index contributed by atoms with van der Waals surface area (Å²) in [6.45, 7) is 4.62. The molecule has 0 radical (unpaired) electrons. The van der Waals surface area contributed by atoms with Crippen molar-refractivity contribution in [1.29, 1.82) is 0 Å². The SMILES string of the molecule is CC1(C)COC(C=O)N1c1nc(-c2cccc(Br)c2)cs1. The average Bonchev–Trinajstić information content (AvgIpc) is 3.02. The number of hydrogen-bond donors (Lipinski definition) is 0. The fraction of sp³-hybridized carbons (Fsp3) is 0.333. The minimum absolute atomic E-state index is 0.238. The first kappa shape index (κ1) is 14.7. The molecule has 1 aromatic carbocycles. The second kappa shape index (κ2) is 5.51. The van der Waals surface area contributed by atoms with Crippen LogP contribution < -0.4 is 4.90 Å². The average molecular weight is 367 g/mol. The van der Waals surface area contributed by atoms with E-state index in [2.05, 4.69) is 34.8 Å². The highest BCUT2D eigenvalue weighted by atomic mass is 79.9. The number of nitrogens with zero attached hydrogens (tertiary/aromatic N) is 2. The molecule has 21 heavy (non-hydrogen) atoms. The largest absolute Gasteiger partial charge is 0.349 e. The first-order valence-electron chi connectivity index (χ1n) is 6.59. The third-order valence-electron chi connectivity index (χ3n) is 3.45. The number of halogens is 1. The highest BCUT2D eigenvalue weighted by molar-refractivity contribution is 9.10. The lowest BCUT2D eigenvalue weighted by Crippen LogP contribution is -2.45. The van der Waals surface area contributed by atoms with E-state index in [-0.39, 0.29) is 5.54 Å². The predicted octanol–water partition coefficient (Wildman–Crippen LogP) is 3.71. The molecule has 0 N–H and O–H groups in total. The highest BCUT2D eigenvalue weighted by Crippen LogP contribution is 2.36. The maximum absolute atomic E-state index is 11.2. The van der Waals surface area contributed by atoms with Crippen molar-refractivity contribution in [1.82, 2.24) is 4.98 Å². The van der Waals surface area contributed by atoms with Gasteiger partial charge in [-0.15, -0.1) is 11.3 Å². The lowest BCUT2D eigenvalue weighted by molar-refractivity contribution is -0.115. The van der Waals surface area contributed by atoms with Crippen LogP contribution in [0, 0.1) is 0 Å². The zero-order valence-electron chi connectivity index (χ0n) is 11.7. The van der Waals surface area contributed by atoms with Gasteiger partial charge < -0.3 is 9.64 Å². The molecular formula is C15H15BrN2O2S. The number of aldehydes is 1. The van der Waals surface area contributed by atoms with Crippen LogP contribution in [-0.4, -0.2) is 29.6 Å². The molecule has 2 heterocycles. The summed E-state index contributed by atoms with van der Waals surface area (Å²) in [5.41, 5.74) is 1.72. The fourth-order valence-electron chi connectivity index (χ4n) is 2.40. The molecule has 1 unspecified atom stereocenters. The Bertz CT molecular complexity index is 671. The molecule has 0 aliphatic carbocycles. The van der Waals surface area contributed by atoms with Crippen LogP contribution >= 0.6 is 27.3 Å². The maximum Gasteiger partial charge on any atom is 0.189 e. The predicted molar refractivity (Wildman–Crippen MR) is 87.6 cm³/mol. The molecule has 0 bridgehead atoms. The first-order valence-corrected chi connectivity index (χ1v) is 8.26. The van der Waals surface area contributed by atoms with Gasteiger partial charge in [-0.2, -0.15) is 0 Å². The third kappa shape index (κ3) is 2.75. The van der Waals surface area contributed by atoms with Crippen molar-refractivity contribution >= 4 is 38.7 Å². The Balaban J connectivity index is 1.96. The molecule has 1 fully saturated rings. The molecule has 1 aliphatic rings. The van der Waals surface area contributed by atoms with E-state index in [0.717, 1.165) is 27.1 Å². The number of benzene rings is 1. The van der Waals surface area contributed by atoms with Gasteiger partial charge in [0.15, 0.2) is 17.6 Å². The molecule has 6 heteroatoms. The molecule has 1 aliphatic heterocycles. The number of rotatable bonds is 3. The van der Waals surface area contributed by atoms with Crippen LogP contribution in [0.5, 0.6) is 0 Å². The van der Waals surface area contributed by atoms with Gasteiger partial charge in [-0.05, 0) is 26.0 Å². The van der Waals surface area contributed by atoms with Gasteiger partial charge in [0, 0.05) is 15.4 Å². The minimum atomic E-state index is -0.554. The molecular weight excluding hydrogens is 352 g/mol. The van der Waals surface area contributed by atoms with Gasteiger partial charge in [-0.3, -0.25) is 4.79 Å². The molecule has 1 atom stereocenters. The lowest BCUT2D eigenvalue weighted by atomic mass is 10.1. The van der Waals surface area contributed by atoms with E-state index in [1.165, 1.54) is 11.3 Å². The van der Waals surface area contributed by atoms with Crippen LogP contribution in [0.15, 0.2) is 34.1 Å². The van der Waals surface area contributed by atoms with Crippen LogP contribution in [0.2, 0.25) is 0 Å². The number of carbonyl (C=O) groups is 1. The molecule has 0 amide bonds. The van der Waals surface area contributed by atoms with Gasteiger partial charge in [0.2, 0.25) is 0 Å². The van der Waals surface area contributed by atoms with Crippen molar-refractivity contribution < 1.29 is 9.53 Å². The summed E-state index contributed by atoms with van der Waals surface area (Å²) in [6.07, 6.45) is 0.274. The van der Waals surface area contributed by atoms with Crippen molar-refractivity contribution in [3.05, 3.63) is 34.1 Å². The summed E-state index contributed by atoms with van der Waals surface area (Å²) in [4.78, 5) is 17.8. The summed E-state index contributed by atoms with van der Waals surface area (Å²) in [7, 11) is 0. The Morgan fingerprint density at radius 1 is 1.52 bits per heavy atom. The van der Waals surface area contributed by atoms with E-state index in [0.29, 0.717) is 6.61 Å². The molecule has 3 rings (SSSR count). The number of anilines is 1. The quantitative estimate of drug-likeness (QED) is 0.776. The highest BCUT2D eigenvalue weighted by Gasteiger charge is 2.42. The van der Waals surface area contributed by atoms with Crippen LogP contribution in [0.4, 0.5) is 5.13 Å². The number of carbonyl (C=O) groups excluding carboxylic acids is 1. The van der Waals surface area contributed by atoms with Crippen molar-refractivity contribution in [2.24, 2.45) is 0 Å². The second-order valence-electron chi connectivity index (χ2n) is 5.55. The number of thiazole rings is 1. The third-order valence-corrected chi connectivity index (χ3v) is 4.78. The molecule has 1 saturated heterocycles. The zero-order valence-corrected chi connectivity index (χ0v) is 14.1. The van der Waals surface area contributed by atoms with Gasteiger partial charge in [0.1, 0.15) is 0 Å². The van der Waals surface area contributed by atoms with Gasteiger partial charge in [0.05, 0.1) is 17.8 Å². The Labute approximate surface area is 135 Å². The molecule has 4 nitrogen and oxygen atoms in total. The Hall–Kier alpha value is -1.24. The monoisotopic (exact) mass is 366 g/mol. The smallest absolute Gasteiger partial charge is 0.189 e. The summed E-state index contributed by atoms with van der Waals surface area (Å²) in [5, 5.41) is 2.82. The maximum atomic E-state index is 11.2. The van der Waals surface area contributed by atoms with E-state index in [1.807, 2.05) is 34.5 Å². The van der Waals surface area contributed by atoms with Crippen LogP contribution in [0.25, 0.3) is 11.3 Å². The van der Waals surface area contributed by atoms with Crippen LogP contribution in [0.3, 0.4) is 0 Å². The number of hydrogen-bond acceptors (Lipinski definition) is 5. The summed E-state index contributed by atoms with van der Waals surface area (Å²) < 4.78 is 6.55. The van der Waals surface area contributed by atoms with E-state index in [1.54, 1.807) is 0 Å². The van der Waals surface area contributed by atoms with E-state index >= 15 is 0 Å². The van der Waals surface area contributed by atoms with Gasteiger partial charge in [0.25, 0.3) is 0 Å². The summed E-state index contributed by atoms with van der Waals surface area (Å²) >= 11 is 5.00. The minimum Gasteiger partial charge on any atom is -0.349 e. The Morgan fingerprint density at radius 3 is 3.05 bits per heavy atom. The fourth-order valence-corrected chi connectivity index (χ4v) is 3.82. The molecule has 110 valence electrons. The topological polar surface area (TPSA) is 42.4 Å². The van der Waals surface area contributed by atoms with Crippen molar-refractivity contribution in [3.63, 3.8) is 0 Å². The van der Waals surface area contributed by atoms with E-state index < -0.39 is 6.23 Å². The van der Waals surface area contributed by atoms with Gasteiger partial charge in [-0.1, -0.05) is 28.1 Å². The molecule has 0 saturated carbocycles. The van der Waals surface area contributed by atoms with E-state index in [4.69, 9.17) is 4.74 Å². The molecule has 0 spiro atoms. The number of aromatic nitrogens is 1.